The molecule has 9 nitrogen and oxygen atoms in total. The van der Waals surface area contributed by atoms with E-state index in [1.54, 1.807) is 0 Å². The highest BCUT2D eigenvalue weighted by Gasteiger charge is 2.30. The number of rotatable bonds is 6. The van der Waals surface area contributed by atoms with Crippen LogP contribution in [0.3, 0.4) is 0 Å². The Labute approximate surface area is 246 Å². The molecule has 0 amide bonds. The summed E-state index contributed by atoms with van der Waals surface area (Å²) in [5, 5.41) is 0.556. The number of benzene rings is 2. The minimum atomic E-state index is -4.77. The van der Waals surface area contributed by atoms with Crippen LogP contribution >= 0.6 is 0 Å². The zero-order valence-electron chi connectivity index (χ0n) is 23.4. The van der Waals surface area contributed by atoms with E-state index in [0.717, 1.165) is 57.9 Å². The van der Waals surface area contributed by atoms with Crippen LogP contribution in [-0.4, -0.2) is 72.0 Å². The molecule has 1 saturated heterocycles. The molecule has 2 aromatic carbocycles. The van der Waals surface area contributed by atoms with Crippen LogP contribution in [0.1, 0.15) is 31.7 Å². The van der Waals surface area contributed by atoms with E-state index in [1.807, 2.05) is 10.9 Å². The highest BCUT2D eigenvalue weighted by Crippen LogP contribution is 2.39. The SMILES string of the molecule is CN1CCN(C2CCC(n3cc(-c4ccc(NS(=O)(=O)c5ccc(F)c(F)c5F)c(F)c4)c4c(N)ncnc43)CC2)CC1. The summed E-state index contributed by atoms with van der Waals surface area (Å²) < 4.78 is 85.8. The van der Waals surface area contributed by atoms with Crippen molar-refractivity contribution in [2.75, 3.05) is 43.7 Å². The Bertz CT molecular complexity index is 1780. The quantitative estimate of drug-likeness (QED) is 0.237. The molecule has 1 saturated carbocycles. The molecule has 6 rings (SSSR count). The van der Waals surface area contributed by atoms with Crippen LogP contribution in [0.15, 0.2) is 47.8 Å². The molecular formula is C29H31F4N7O2S. The Morgan fingerprint density at radius 2 is 1.58 bits per heavy atom. The second-order valence-corrected chi connectivity index (χ2v) is 12.8. The van der Waals surface area contributed by atoms with Gasteiger partial charge in [0.05, 0.1) is 11.1 Å². The number of sulfonamides is 1. The molecule has 0 unspecified atom stereocenters. The van der Waals surface area contributed by atoms with Crippen LogP contribution in [0.2, 0.25) is 0 Å². The Kier molecular flexibility index (Phi) is 7.77. The van der Waals surface area contributed by atoms with Gasteiger partial charge in [0.1, 0.15) is 28.5 Å². The van der Waals surface area contributed by atoms with E-state index in [0.29, 0.717) is 40.3 Å². The second-order valence-electron chi connectivity index (χ2n) is 11.2. The summed E-state index contributed by atoms with van der Waals surface area (Å²) in [4.78, 5) is 12.4. The van der Waals surface area contributed by atoms with Gasteiger partial charge in [0.15, 0.2) is 17.5 Å². The number of aromatic nitrogens is 3. The largest absolute Gasteiger partial charge is 0.383 e. The normalized spacial score (nSPS) is 20.5. The lowest BCUT2D eigenvalue weighted by atomic mass is 9.89. The number of nitrogen functional groups attached to an aromatic ring is 1. The minimum Gasteiger partial charge on any atom is -0.383 e. The van der Waals surface area contributed by atoms with Gasteiger partial charge < -0.3 is 15.2 Å². The van der Waals surface area contributed by atoms with Crippen molar-refractivity contribution in [2.45, 2.75) is 42.7 Å². The van der Waals surface area contributed by atoms with Gasteiger partial charge in [-0.05, 0) is 62.6 Å². The van der Waals surface area contributed by atoms with Crippen molar-refractivity contribution in [3.63, 3.8) is 0 Å². The molecule has 3 heterocycles. The number of piperazine rings is 1. The lowest BCUT2D eigenvalue weighted by Crippen LogP contribution is -2.49. The zero-order valence-corrected chi connectivity index (χ0v) is 24.2. The molecule has 0 bridgehead atoms. The number of nitrogens with two attached hydrogens (primary N) is 1. The van der Waals surface area contributed by atoms with Crippen molar-refractivity contribution in [1.82, 2.24) is 24.3 Å². The predicted octanol–water partition coefficient (Wildman–Crippen LogP) is 4.77. The Morgan fingerprint density at radius 3 is 2.28 bits per heavy atom. The Morgan fingerprint density at radius 1 is 0.884 bits per heavy atom. The van der Waals surface area contributed by atoms with E-state index in [2.05, 4.69) is 31.4 Å². The monoisotopic (exact) mass is 617 g/mol. The molecule has 1 aliphatic heterocycles. The van der Waals surface area contributed by atoms with Crippen LogP contribution < -0.4 is 10.5 Å². The molecule has 0 atom stereocenters. The second kappa shape index (κ2) is 11.4. The van der Waals surface area contributed by atoms with Crippen molar-refractivity contribution in [1.29, 1.82) is 0 Å². The van der Waals surface area contributed by atoms with Crippen LogP contribution in [0.4, 0.5) is 29.1 Å². The van der Waals surface area contributed by atoms with Gasteiger partial charge in [-0.3, -0.25) is 9.62 Å². The molecule has 2 aliphatic rings. The zero-order chi connectivity index (χ0) is 30.5. The first-order valence-corrected chi connectivity index (χ1v) is 15.5. The van der Waals surface area contributed by atoms with Gasteiger partial charge in [0.25, 0.3) is 10.0 Å². The maximum atomic E-state index is 15.3. The Balaban J connectivity index is 1.27. The van der Waals surface area contributed by atoms with Crippen LogP contribution in [-0.2, 0) is 10.0 Å². The van der Waals surface area contributed by atoms with Gasteiger partial charge in [-0.25, -0.2) is 35.9 Å². The molecular weight excluding hydrogens is 586 g/mol. The fraction of sp³-hybridized carbons (Fsp3) is 0.379. The number of halogens is 4. The van der Waals surface area contributed by atoms with Gasteiger partial charge in [0.2, 0.25) is 0 Å². The smallest absolute Gasteiger partial charge is 0.265 e. The summed E-state index contributed by atoms with van der Waals surface area (Å²) in [6.07, 6.45) is 7.26. The van der Waals surface area contributed by atoms with Gasteiger partial charge >= 0.3 is 0 Å². The maximum Gasteiger partial charge on any atom is 0.265 e. The van der Waals surface area contributed by atoms with Crippen molar-refractivity contribution in [2.24, 2.45) is 0 Å². The maximum absolute atomic E-state index is 15.3. The molecule has 4 aromatic rings. The number of nitrogens with zero attached hydrogens (tertiary/aromatic N) is 5. The summed E-state index contributed by atoms with van der Waals surface area (Å²) in [6, 6.07) is 5.52. The van der Waals surface area contributed by atoms with Gasteiger partial charge in [0, 0.05) is 50.0 Å². The summed E-state index contributed by atoms with van der Waals surface area (Å²) in [6.45, 7) is 4.28. The molecule has 3 N–H and O–H groups in total. The average molecular weight is 618 g/mol. The van der Waals surface area contributed by atoms with Gasteiger partial charge in [-0.2, -0.15) is 0 Å². The first-order chi connectivity index (χ1) is 20.5. The van der Waals surface area contributed by atoms with E-state index in [-0.39, 0.29) is 11.9 Å². The van der Waals surface area contributed by atoms with Gasteiger partial charge in [-0.1, -0.05) is 6.07 Å². The molecule has 14 heteroatoms. The number of likely N-dealkylation sites (N-methyl/N-ethyl adjacent to an activating group) is 1. The highest BCUT2D eigenvalue weighted by atomic mass is 32.2. The number of anilines is 2. The summed E-state index contributed by atoms with van der Waals surface area (Å²) >= 11 is 0. The molecule has 43 heavy (non-hydrogen) atoms. The molecule has 0 spiro atoms. The summed E-state index contributed by atoms with van der Waals surface area (Å²) in [5.74, 6) is -6.12. The first-order valence-electron chi connectivity index (χ1n) is 14.0. The standard InChI is InChI=1S/C29H31F4N7O2S/c1-38-10-12-39(13-11-38)18-3-5-19(6-4-18)40-15-20(25-28(34)35-16-36-29(25)40)17-2-8-23(22(31)14-17)37-43(41,42)24-9-7-21(30)26(32)27(24)33/h2,7-9,14-16,18-19,37H,3-6,10-13H2,1H3,(H2,34,35,36). The number of hydrogen-bond donors (Lipinski definition) is 2. The fourth-order valence-electron chi connectivity index (χ4n) is 6.18. The third-order valence-electron chi connectivity index (χ3n) is 8.57. The molecule has 1 aliphatic carbocycles. The first kappa shape index (κ1) is 29.3. The minimum absolute atomic E-state index is 0.163. The molecule has 2 fully saturated rings. The lowest BCUT2D eigenvalue weighted by molar-refractivity contribution is 0.0828. The summed E-state index contributed by atoms with van der Waals surface area (Å²) in [5.41, 5.74) is 7.38. The van der Waals surface area contributed by atoms with Crippen molar-refractivity contribution >= 4 is 32.6 Å². The predicted molar refractivity (Wildman–Crippen MR) is 155 cm³/mol. The van der Waals surface area contributed by atoms with E-state index < -0.39 is 43.9 Å². The third-order valence-corrected chi connectivity index (χ3v) is 9.95. The van der Waals surface area contributed by atoms with Crippen LogP contribution in [0.5, 0.6) is 0 Å². The van der Waals surface area contributed by atoms with Crippen molar-refractivity contribution < 1.29 is 26.0 Å². The van der Waals surface area contributed by atoms with Crippen LogP contribution in [0.25, 0.3) is 22.2 Å². The number of fused-ring (bicyclic) bond motifs is 1. The van der Waals surface area contributed by atoms with Crippen LogP contribution in [0, 0.1) is 23.3 Å². The fourth-order valence-corrected chi connectivity index (χ4v) is 7.31. The topological polar surface area (TPSA) is 109 Å². The number of nitrogens with one attached hydrogen (secondary N) is 1. The molecule has 2 aromatic heterocycles. The Hall–Kier alpha value is -3.75. The molecule has 0 radical (unpaired) electrons. The van der Waals surface area contributed by atoms with Crippen molar-refractivity contribution in [3.8, 4) is 11.1 Å². The van der Waals surface area contributed by atoms with Gasteiger partial charge in [-0.15, -0.1) is 0 Å². The molecule has 228 valence electrons. The van der Waals surface area contributed by atoms with Crippen molar-refractivity contribution in [3.05, 3.63) is 66.1 Å². The summed E-state index contributed by atoms with van der Waals surface area (Å²) in [7, 11) is -2.63. The van der Waals surface area contributed by atoms with E-state index >= 15 is 4.39 Å². The lowest BCUT2D eigenvalue weighted by Gasteiger charge is -2.41. The highest BCUT2D eigenvalue weighted by molar-refractivity contribution is 7.92. The third kappa shape index (κ3) is 5.54. The van der Waals surface area contributed by atoms with E-state index in [1.165, 1.54) is 18.5 Å². The number of hydrogen-bond acceptors (Lipinski definition) is 7. The van der Waals surface area contributed by atoms with E-state index in [9.17, 15) is 21.6 Å². The van der Waals surface area contributed by atoms with E-state index in [4.69, 9.17) is 5.73 Å². The average Bonchev–Trinajstić information content (AvgIpc) is 3.38.